The lowest BCUT2D eigenvalue weighted by molar-refractivity contribution is 0.800. The van der Waals surface area contributed by atoms with Crippen molar-refractivity contribution in [2.24, 2.45) is 0 Å². The van der Waals surface area contributed by atoms with Crippen molar-refractivity contribution in [3.63, 3.8) is 0 Å². The summed E-state index contributed by atoms with van der Waals surface area (Å²) in [5, 5.41) is 7.65. The molecule has 0 aliphatic rings. The van der Waals surface area contributed by atoms with Gasteiger partial charge in [-0.05, 0) is 45.0 Å². The van der Waals surface area contributed by atoms with E-state index in [0.717, 1.165) is 6.54 Å². The summed E-state index contributed by atoms with van der Waals surface area (Å²) in [4.78, 5) is 0. The highest BCUT2D eigenvalue weighted by molar-refractivity contribution is 5.44. The van der Waals surface area contributed by atoms with Gasteiger partial charge in [0.05, 0.1) is 11.9 Å². The predicted molar refractivity (Wildman–Crippen MR) is 70.5 cm³/mol. The fourth-order valence-corrected chi connectivity index (χ4v) is 2.00. The first-order valence-corrected chi connectivity index (χ1v) is 5.89. The zero-order valence-electron chi connectivity index (χ0n) is 10.9. The molecule has 90 valence electrons. The third-order valence-electron chi connectivity index (χ3n) is 3.07. The number of aryl methyl sites for hydroxylation is 2. The van der Waals surface area contributed by atoms with Gasteiger partial charge in [-0.15, -0.1) is 0 Å². The van der Waals surface area contributed by atoms with E-state index in [2.05, 4.69) is 49.4 Å². The first-order chi connectivity index (χ1) is 8.13. The Bertz CT molecular complexity index is 526. The Morgan fingerprint density at radius 3 is 2.71 bits per heavy atom. The summed E-state index contributed by atoms with van der Waals surface area (Å²) in [6, 6.07) is 6.45. The highest BCUT2D eigenvalue weighted by atomic mass is 15.3. The van der Waals surface area contributed by atoms with E-state index in [0.29, 0.717) is 0 Å². The van der Waals surface area contributed by atoms with E-state index < -0.39 is 0 Å². The monoisotopic (exact) mass is 229 g/mol. The van der Waals surface area contributed by atoms with Gasteiger partial charge in [0.15, 0.2) is 0 Å². The fraction of sp³-hybridized carbons (Fsp3) is 0.357. The summed E-state index contributed by atoms with van der Waals surface area (Å²) in [5.74, 6) is 0. The lowest BCUT2D eigenvalue weighted by atomic mass is 10.1. The smallest absolute Gasteiger partial charge is 0.0680 e. The van der Waals surface area contributed by atoms with Crippen molar-refractivity contribution in [1.29, 1.82) is 0 Å². The van der Waals surface area contributed by atoms with E-state index in [1.165, 1.54) is 28.1 Å². The van der Waals surface area contributed by atoms with E-state index >= 15 is 0 Å². The zero-order chi connectivity index (χ0) is 12.4. The van der Waals surface area contributed by atoms with Gasteiger partial charge in [-0.1, -0.05) is 12.1 Å². The molecule has 0 saturated carbocycles. The molecule has 0 radical (unpaired) electrons. The summed E-state index contributed by atoms with van der Waals surface area (Å²) in [6.07, 6.45) is 1.94. The summed E-state index contributed by atoms with van der Waals surface area (Å²) in [5.41, 5.74) is 6.12. The number of nitrogens with zero attached hydrogens (tertiary/aromatic N) is 2. The molecule has 0 aliphatic carbocycles. The molecule has 0 saturated heterocycles. The van der Waals surface area contributed by atoms with Crippen LogP contribution in [-0.2, 0) is 6.54 Å². The minimum atomic E-state index is 0.858. The molecule has 1 aromatic heterocycles. The van der Waals surface area contributed by atoms with Crippen molar-refractivity contribution in [2.75, 3.05) is 7.05 Å². The lowest BCUT2D eigenvalue weighted by Gasteiger charge is -2.10. The molecule has 1 heterocycles. The first kappa shape index (κ1) is 11.9. The number of aromatic nitrogens is 2. The number of nitrogens with one attached hydrogen (secondary N) is 1. The largest absolute Gasteiger partial charge is 0.316 e. The van der Waals surface area contributed by atoms with Crippen molar-refractivity contribution in [3.8, 4) is 5.69 Å². The molecule has 3 nitrogen and oxygen atoms in total. The van der Waals surface area contributed by atoms with Crippen LogP contribution in [0, 0.1) is 20.8 Å². The lowest BCUT2D eigenvalue weighted by Crippen LogP contribution is -2.07. The first-order valence-electron chi connectivity index (χ1n) is 5.89. The minimum absolute atomic E-state index is 0.858. The van der Waals surface area contributed by atoms with Crippen molar-refractivity contribution in [1.82, 2.24) is 15.1 Å². The van der Waals surface area contributed by atoms with Gasteiger partial charge in [0, 0.05) is 17.8 Å². The molecule has 0 unspecified atom stereocenters. The van der Waals surface area contributed by atoms with E-state index in [-0.39, 0.29) is 0 Å². The van der Waals surface area contributed by atoms with Crippen LogP contribution in [0.1, 0.15) is 22.4 Å². The molecule has 0 bridgehead atoms. The molecule has 3 heteroatoms. The molecule has 2 rings (SSSR count). The Hall–Kier alpha value is -1.61. The quantitative estimate of drug-likeness (QED) is 0.876. The second-order valence-electron chi connectivity index (χ2n) is 4.49. The average molecular weight is 229 g/mol. The second-order valence-corrected chi connectivity index (χ2v) is 4.49. The average Bonchev–Trinajstić information content (AvgIpc) is 2.65. The maximum atomic E-state index is 4.48. The third-order valence-corrected chi connectivity index (χ3v) is 3.07. The molecule has 1 N–H and O–H groups in total. The van der Waals surface area contributed by atoms with Gasteiger partial charge in [0.2, 0.25) is 0 Å². The van der Waals surface area contributed by atoms with Crippen LogP contribution < -0.4 is 5.32 Å². The molecule has 17 heavy (non-hydrogen) atoms. The van der Waals surface area contributed by atoms with E-state index in [1.807, 2.05) is 17.9 Å². The Morgan fingerprint density at radius 1 is 1.24 bits per heavy atom. The highest BCUT2D eigenvalue weighted by Crippen LogP contribution is 2.19. The van der Waals surface area contributed by atoms with Crippen LogP contribution in [0.15, 0.2) is 24.4 Å². The van der Waals surface area contributed by atoms with Gasteiger partial charge < -0.3 is 5.32 Å². The van der Waals surface area contributed by atoms with Crippen molar-refractivity contribution < 1.29 is 0 Å². The molecule has 2 aromatic rings. The van der Waals surface area contributed by atoms with Crippen LogP contribution in [0.5, 0.6) is 0 Å². The van der Waals surface area contributed by atoms with Gasteiger partial charge >= 0.3 is 0 Å². The van der Waals surface area contributed by atoms with Gasteiger partial charge in [-0.25, -0.2) is 4.68 Å². The molecule has 0 aliphatic heterocycles. The van der Waals surface area contributed by atoms with Crippen LogP contribution in [-0.4, -0.2) is 16.8 Å². The van der Waals surface area contributed by atoms with E-state index in [9.17, 15) is 0 Å². The van der Waals surface area contributed by atoms with Crippen molar-refractivity contribution >= 4 is 0 Å². The molecule has 0 amide bonds. The standard InChI is InChI=1S/C14H19N3/c1-10-5-6-11(2)14(7-10)17-12(3)13(8-15-4)9-16-17/h5-7,9,15H,8H2,1-4H3. The Labute approximate surface area is 102 Å². The second kappa shape index (κ2) is 4.72. The molecule has 1 aromatic carbocycles. The van der Waals surface area contributed by atoms with Crippen molar-refractivity contribution in [3.05, 3.63) is 46.8 Å². The maximum Gasteiger partial charge on any atom is 0.0680 e. The van der Waals surface area contributed by atoms with Gasteiger partial charge in [-0.3, -0.25) is 0 Å². The Balaban J connectivity index is 2.49. The minimum Gasteiger partial charge on any atom is -0.316 e. The number of hydrogen-bond acceptors (Lipinski definition) is 2. The number of hydrogen-bond donors (Lipinski definition) is 1. The molecular weight excluding hydrogens is 210 g/mol. The van der Waals surface area contributed by atoms with Crippen LogP contribution in [0.2, 0.25) is 0 Å². The molecule has 0 fully saturated rings. The summed E-state index contributed by atoms with van der Waals surface area (Å²) < 4.78 is 2.02. The normalized spacial score (nSPS) is 10.8. The number of rotatable bonds is 3. The van der Waals surface area contributed by atoms with Crippen LogP contribution in [0.25, 0.3) is 5.69 Å². The molecule has 0 spiro atoms. The molecule has 0 atom stereocenters. The predicted octanol–water partition coefficient (Wildman–Crippen LogP) is 2.52. The van der Waals surface area contributed by atoms with Crippen molar-refractivity contribution in [2.45, 2.75) is 27.3 Å². The van der Waals surface area contributed by atoms with E-state index in [4.69, 9.17) is 0 Å². The maximum absolute atomic E-state index is 4.48. The topological polar surface area (TPSA) is 29.9 Å². The summed E-state index contributed by atoms with van der Waals surface area (Å²) >= 11 is 0. The zero-order valence-corrected chi connectivity index (χ0v) is 10.9. The number of benzene rings is 1. The highest BCUT2D eigenvalue weighted by Gasteiger charge is 2.09. The van der Waals surface area contributed by atoms with Crippen LogP contribution in [0.4, 0.5) is 0 Å². The van der Waals surface area contributed by atoms with Gasteiger partial charge in [-0.2, -0.15) is 5.10 Å². The van der Waals surface area contributed by atoms with Crippen LogP contribution >= 0.6 is 0 Å². The van der Waals surface area contributed by atoms with Crippen LogP contribution in [0.3, 0.4) is 0 Å². The van der Waals surface area contributed by atoms with Gasteiger partial charge in [0.25, 0.3) is 0 Å². The molecular formula is C14H19N3. The third kappa shape index (κ3) is 2.24. The van der Waals surface area contributed by atoms with E-state index in [1.54, 1.807) is 0 Å². The summed E-state index contributed by atoms with van der Waals surface area (Å²) in [6.45, 7) is 7.20. The Morgan fingerprint density at radius 2 is 2.00 bits per heavy atom. The fourth-order valence-electron chi connectivity index (χ4n) is 2.00. The SMILES string of the molecule is CNCc1cnn(-c2cc(C)ccc2C)c1C. The van der Waals surface area contributed by atoms with Gasteiger partial charge in [0.1, 0.15) is 0 Å². The summed E-state index contributed by atoms with van der Waals surface area (Å²) in [7, 11) is 1.95. The Kier molecular flexibility index (Phi) is 3.29.